The molecule has 2 unspecified atom stereocenters. The van der Waals surface area contributed by atoms with Crippen LogP contribution in [0.1, 0.15) is 17.2 Å². The summed E-state index contributed by atoms with van der Waals surface area (Å²) in [4.78, 5) is 0. The van der Waals surface area contributed by atoms with Gasteiger partial charge in [-0.25, -0.2) is 4.39 Å². The molecule has 0 aliphatic carbocycles. The van der Waals surface area contributed by atoms with Crippen molar-refractivity contribution in [2.75, 3.05) is 21.3 Å². The quantitative estimate of drug-likeness (QED) is 0.869. The first-order valence-electron chi connectivity index (χ1n) is 7.66. The fourth-order valence-electron chi connectivity index (χ4n) is 2.82. The molecule has 0 saturated heterocycles. The Labute approximate surface area is 144 Å². The second-order valence-corrected chi connectivity index (χ2v) is 5.51. The van der Waals surface area contributed by atoms with E-state index in [-0.39, 0.29) is 5.82 Å². The molecule has 0 fully saturated rings. The molecular weight excluding hydrogens is 327 g/mol. The van der Waals surface area contributed by atoms with Gasteiger partial charge in [-0.2, -0.15) is 5.10 Å². The molecule has 2 aromatic rings. The standard InChI is InChI=1S/C18H19FN2O4/c1-23-13-8-11(9-14(24-2)18(13)25-3)16-17(22)15(20-21-16)10-4-6-12(19)7-5-10/h4-9,15,17,20,22H,1-3H3. The topological polar surface area (TPSA) is 72.3 Å². The average molecular weight is 346 g/mol. The van der Waals surface area contributed by atoms with Crippen LogP contribution < -0.4 is 19.6 Å². The molecule has 0 amide bonds. The summed E-state index contributed by atoms with van der Waals surface area (Å²) in [5, 5.41) is 14.9. The maximum absolute atomic E-state index is 13.1. The number of hydrazone groups is 1. The van der Waals surface area contributed by atoms with E-state index in [0.717, 1.165) is 5.56 Å². The highest BCUT2D eigenvalue weighted by Gasteiger charge is 2.33. The third kappa shape index (κ3) is 3.10. The van der Waals surface area contributed by atoms with Crippen LogP contribution in [0.25, 0.3) is 0 Å². The number of aliphatic hydroxyl groups is 1. The van der Waals surface area contributed by atoms with Crippen LogP contribution in [0.3, 0.4) is 0 Å². The van der Waals surface area contributed by atoms with E-state index in [1.54, 1.807) is 24.3 Å². The summed E-state index contributed by atoms with van der Waals surface area (Å²) in [6.07, 6.45) is -0.909. The van der Waals surface area contributed by atoms with Crippen LogP contribution in [-0.2, 0) is 0 Å². The highest BCUT2D eigenvalue weighted by Crippen LogP contribution is 2.39. The Morgan fingerprint density at radius 1 is 1.00 bits per heavy atom. The molecule has 0 aromatic heterocycles. The van der Waals surface area contributed by atoms with Crippen LogP contribution in [0.2, 0.25) is 0 Å². The number of nitrogens with zero attached hydrogens (tertiary/aromatic N) is 1. The molecule has 132 valence electrons. The van der Waals surface area contributed by atoms with E-state index in [9.17, 15) is 9.50 Å². The van der Waals surface area contributed by atoms with E-state index in [0.29, 0.717) is 28.5 Å². The summed E-state index contributed by atoms with van der Waals surface area (Å²) in [5.74, 6) is 1.07. The Balaban J connectivity index is 1.93. The summed E-state index contributed by atoms with van der Waals surface area (Å²) >= 11 is 0. The highest BCUT2D eigenvalue weighted by molar-refractivity contribution is 6.06. The van der Waals surface area contributed by atoms with Crippen molar-refractivity contribution in [2.45, 2.75) is 12.1 Å². The Hall–Kier alpha value is -2.80. The number of hydrogen-bond donors (Lipinski definition) is 2. The number of hydrogen-bond acceptors (Lipinski definition) is 6. The lowest BCUT2D eigenvalue weighted by atomic mass is 9.96. The SMILES string of the molecule is COc1cc(C2=NNC(c3ccc(F)cc3)C2O)cc(OC)c1OC. The van der Waals surface area contributed by atoms with Gasteiger partial charge in [0.1, 0.15) is 18.0 Å². The second-order valence-electron chi connectivity index (χ2n) is 5.51. The van der Waals surface area contributed by atoms with Gasteiger partial charge in [0, 0.05) is 5.56 Å². The fourth-order valence-corrected chi connectivity index (χ4v) is 2.82. The van der Waals surface area contributed by atoms with Gasteiger partial charge in [-0.15, -0.1) is 0 Å². The first-order chi connectivity index (χ1) is 12.1. The Kier molecular flexibility index (Phi) is 4.76. The van der Waals surface area contributed by atoms with Crippen LogP contribution in [-0.4, -0.2) is 38.3 Å². The second kappa shape index (κ2) is 6.98. The van der Waals surface area contributed by atoms with Gasteiger partial charge in [0.05, 0.1) is 27.0 Å². The first-order valence-corrected chi connectivity index (χ1v) is 7.66. The number of rotatable bonds is 5. The molecule has 0 bridgehead atoms. The first kappa shape index (κ1) is 17.0. The molecule has 1 heterocycles. The third-order valence-corrected chi connectivity index (χ3v) is 4.11. The van der Waals surface area contributed by atoms with Gasteiger partial charge in [-0.1, -0.05) is 12.1 Å². The lowest BCUT2D eigenvalue weighted by molar-refractivity contribution is 0.207. The molecule has 1 aliphatic heterocycles. The monoisotopic (exact) mass is 346 g/mol. The highest BCUT2D eigenvalue weighted by atomic mass is 19.1. The lowest BCUT2D eigenvalue weighted by Crippen LogP contribution is -2.27. The largest absolute Gasteiger partial charge is 0.493 e. The number of methoxy groups -OCH3 is 3. The molecule has 0 spiro atoms. The van der Waals surface area contributed by atoms with E-state index in [1.165, 1.54) is 33.5 Å². The van der Waals surface area contributed by atoms with E-state index in [2.05, 4.69) is 10.5 Å². The Morgan fingerprint density at radius 3 is 2.12 bits per heavy atom. The van der Waals surface area contributed by atoms with E-state index >= 15 is 0 Å². The molecule has 6 nitrogen and oxygen atoms in total. The zero-order valence-electron chi connectivity index (χ0n) is 14.1. The Morgan fingerprint density at radius 2 is 1.60 bits per heavy atom. The van der Waals surface area contributed by atoms with E-state index in [4.69, 9.17) is 14.2 Å². The van der Waals surface area contributed by atoms with Crippen LogP contribution in [0.15, 0.2) is 41.5 Å². The van der Waals surface area contributed by atoms with Gasteiger partial charge in [-0.05, 0) is 29.8 Å². The van der Waals surface area contributed by atoms with Crippen molar-refractivity contribution in [3.63, 3.8) is 0 Å². The van der Waals surface area contributed by atoms with E-state index in [1.807, 2.05) is 0 Å². The van der Waals surface area contributed by atoms with Crippen LogP contribution in [0.5, 0.6) is 17.2 Å². The summed E-state index contributed by atoms with van der Waals surface area (Å²) in [7, 11) is 4.56. The molecule has 3 rings (SSSR count). The number of ether oxygens (including phenoxy) is 3. The van der Waals surface area contributed by atoms with Gasteiger partial charge in [0.25, 0.3) is 0 Å². The molecular formula is C18H19FN2O4. The lowest BCUT2D eigenvalue weighted by Gasteiger charge is -2.18. The third-order valence-electron chi connectivity index (χ3n) is 4.11. The summed E-state index contributed by atoms with van der Waals surface area (Å²) in [6.45, 7) is 0. The maximum atomic E-state index is 13.1. The van der Waals surface area contributed by atoms with Crippen LogP contribution >= 0.6 is 0 Å². The molecule has 1 aliphatic rings. The van der Waals surface area contributed by atoms with Crippen molar-refractivity contribution >= 4 is 5.71 Å². The zero-order chi connectivity index (χ0) is 18.0. The van der Waals surface area contributed by atoms with Gasteiger partial charge in [0.2, 0.25) is 5.75 Å². The normalized spacial score (nSPS) is 19.2. The van der Waals surface area contributed by atoms with Gasteiger partial charge >= 0.3 is 0 Å². The van der Waals surface area contributed by atoms with Crippen molar-refractivity contribution in [3.8, 4) is 17.2 Å². The zero-order valence-corrected chi connectivity index (χ0v) is 14.1. The van der Waals surface area contributed by atoms with Gasteiger partial charge in [0.15, 0.2) is 11.5 Å². The summed E-state index contributed by atoms with van der Waals surface area (Å²) < 4.78 is 29.1. The maximum Gasteiger partial charge on any atom is 0.203 e. The van der Waals surface area contributed by atoms with Gasteiger partial charge < -0.3 is 19.3 Å². The van der Waals surface area contributed by atoms with Crippen LogP contribution in [0.4, 0.5) is 4.39 Å². The molecule has 0 radical (unpaired) electrons. The molecule has 2 atom stereocenters. The smallest absolute Gasteiger partial charge is 0.203 e. The van der Waals surface area contributed by atoms with Gasteiger partial charge in [-0.3, -0.25) is 5.43 Å². The summed E-state index contributed by atoms with van der Waals surface area (Å²) in [5.41, 5.74) is 4.71. The van der Waals surface area contributed by atoms with Crippen molar-refractivity contribution in [2.24, 2.45) is 5.10 Å². The van der Waals surface area contributed by atoms with Crippen LogP contribution in [0, 0.1) is 5.82 Å². The summed E-state index contributed by atoms with van der Waals surface area (Å²) in [6, 6.07) is 8.90. The Bertz CT molecular complexity index is 767. The minimum atomic E-state index is -0.909. The van der Waals surface area contributed by atoms with Crippen molar-refractivity contribution < 1.29 is 23.7 Å². The van der Waals surface area contributed by atoms with E-state index < -0.39 is 12.1 Å². The predicted molar refractivity (Wildman–Crippen MR) is 90.9 cm³/mol. The number of nitrogens with one attached hydrogen (secondary N) is 1. The number of halogens is 1. The molecule has 25 heavy (non-hydrogen) atoms. The predicted octanol–water partition coefficient (Wildman–Crippen LogP) is 2.26. The number of benzene rings is 2. The average Bonchev–Trinajstić information content (AvgIpc) is 3.02. The molecule has 2 N–H and O–H groups in total. The minimum absolute atomic E-state index is 0.331. The van der Waals surface area contributed by atoms with Crippen molar-refractivity contribution in [1.82, 2.24) is 5.43 Å². The minimum Gasteiger partial charge on any atom is -0.493 e. The van der Waals surface area contributed by atoms with Crippen molar-refractivity contribution in [1.29, 1.82) is 0 Å². The molecule has 7 heteroatoms. The molecule has 0 saturated carbocycles. The molecule has 2 aromatic carbocycles. The number of aliphatic hydroxyl groups excluding tert-OH is 1. The van der Waals surface area contributed by atoms with Crippen molar-refractivity contribution in [3.05, 3.63) is 53.3 Å². The fraction of sp³-hybridized carbons (Fsp3) is 0.278.